The fraction of sp³-hybridized carbons (Fsp3) is 0.385. The first kappa shape index (κ1) is 12.0. The average molecular weight is 236 g/mol. The monoisotopic (exact) mass is 236 g/mol. The van der Waals surface area contributed by atoms with Gasteiger partial charge >= 0.3 is 0 Å². The van der Waals surface area contributed by atoms with Crippen molar-refractivity contribution in [3.05, 3.63) is 35.9 Å². The van der Waals surface area contributed by atoms with Gasteiger partial charge in [-0.2, -0.15) is 0 Å². The summed E-state index contributed by atoms with van der Waals surface area (Å²) < 4.78 is 21.5. The number of methoxy groups -OCH3 is 2. The smallest absolute Gasteiger partial charge is 0.184 e. The minimum absolute atomic E-state index is 0.357. The van der Waals surface area contributed by atoms with Crippen molar-refractivity contribution >= 4 is 0 Å². The quantitative estimate of drug-likeness (QED) is 0.755. The first-order chi connectivity index (χ1) is 8.35. The minimum Gasteiger partial charge on any atom is -0.493 e. The molecule has 0 atom stereocenters. The van der Waals surface area contributed by atoms with Crippen LogP contribution in [0.3, 0.4) is 0 Å². The van der Waals surface area contributed by atoms with Gasteiger partial charge in [0.1, 0.15) is 0 Å². The van der Waals surface area contributed by atoms with Crippen LogP contribution in [0.25, 0.3) is 0 Å². The van der Waals surface area contributed by atoms with Crippen LogP contribution in [-0.2, 0) is 9.47 Å². The summed E-state index contributed by atoms with van der Waals surface area (Å²) in [4.78, 5) is 0. The van der Waals surface area contributed by atoms with Crippen LogP contribution >= 0.6 is 0 Å². The highest BCUT2D eigenvalue weighted by Crippen LogP contribution is 2.31. The molecule has 2 rings (SSSR count). The predicted molar refractivity (Wildman–Crippen MR) is 63.3 cm³/mol. The molecule has 92 valence electrons. The summed E-state index contributed by atoms with van der Waals surface area (Å²) in [6.45, 7) is 1.11. The molecule has 4 heteroatoms. The molecule has 0 amide bonds. The number of ether oxygens (including phenoxy) is 4. The van der Waals surface area contributed by atoms with E-state index >= 15 is 0 Å². The van der Waals surface area contributed by atoms with Gasteiger partial charge in [0.2, 0.25) is 0 Å². The molecule has 1 aliphatic rings. The van der Waals surface area contributed by atoms with Crippen LogP contribution in [0, 0.1) is 0 Å². The zero-order valence-electron chi connectivity index (χ0n) is 10.0. The van der Waals surface area contributed by atoms with E-state index in [1.54, 1.807) is 14.2 Å². The summed E-state index contributed by atoms with van der Waals surface area (Å²) in [5, 5.41) is 0. The molecular formula is C13H16O4. The lowest BCUT2D eigenvalue weighted by atomic mass is 10.2. The minimum atomic E-state index is -0.357. The Labute approximate surface area is 101 Å². The Balaban J connectivity index is 2.20. The molecule has 17 heavy (non-hydrogen) atoms. The van der Waals surface area contributed by atoms with E-state index in [0.29, 0.717) is 24.7 Å². The first-order valence-electron chi connectivity index (χ1n) is 5.45. The Hall–Kier alpha value is -1.52. The Morgan fingerprint density at radius 2 is 1.65 bits per heavy atom. The van der Waals surface area contributed by atoms with Gasteiger partial charge in [0.05, 0.1) is 27.4 Å². The average Bonchev–Trinajstić information content (AvgIpc) is 2.66. The molecule has 0 aromatic heterocycles. The van der Waals surface area contributed by atoms with Crippen molar-refractivity contribution in [3.63, 3.8) is 0 Å². The largest absolute Gasteiger partial charge is 0.493 e. The number of hydrogen-bond donors (Lipinski definition) is 0. The SMILES string of the molecule is COc1ccc(C2OCC=CCO2)cc1OC. The van der Waals surface area contributed by atoms with Crippen LogP contribution in [0.5, 0.6) is 11.5 Å². The summed E-state index contributed by atoms with van der Waals surface area (Å²) in [5.74, 6) is 1.37. The maximum Gasteiger partial charge on any atom is 0.184 e. The van der Waals surface area contributed by atoms with Crippen LogP contribution in [0.2, 0.25) is 0 Å². The van der Waals surface area contributed by atoms with Gasteiger partial charge in [-0.1, -0.05) is 18.2 Å². The summed E-state index contributed by atoms with van der Waals surface area (Å²) in [5.41, 5.74) is 0.923. The van der Waals surface area contributed by atoms with E-state index in [4.69, 9.17) is 18.9 Å². The van der Waals surface area contributed by atoms with Crippen molar-refractivity contribution < 1.29 is 18.9 Å². The van der Waals surface area contributed by atoms with Crippen molar-refractivity contribution in [1.29, 1.82) is 0 Å². The molecule has 1 heterocycles. The highest BCUT2D eigenvalue weighted by Gasteiger charge is 2.15. The van der Waals surface area contributed by atoms with Gasteiger partial charge in [-0.3, -0.25) is 0 Å². The van der Waals surface area contributed by atoms with Gasteiger partial charge in [0, 0.05) is 5.56 Å². The van der Waals surface area contributed by atoms with Crippen LogP contribution in [0.4, 0.5) is 0 Å². The highest BCUT2D eigenvalue weighted by atomic mass is 16.7. The normalized spacial score (nSPS) is 16.6. The predicted octanol–water partition coefficient (Wildman–Crippen LogP) is 2.31. The summed E-state index contributed by atoms with van der Waals surface area (Å²) >= 11 is 0. The first-order valence-corrected chi connectivity index (χ1v) is 5.45. The summed E-state index contributed by atoms with van der Waals surface area (Å²) in [6.07, 6.45) is 3.53. The van der Waals surface area contributed by atoms with Crippen LogP contribution in [0.1, 0.15) is 11.9 Å². The molecule has 0 unspecified atom stereocenters. The van der Waals surface area contributed by atoms with Crippen molar-refractivity contribution in [2.24, 2.45) is 0 Å². The van der Waals surface area contributed by atoms with E-state index in [9.17, 15) is 0 Å². The van der Waals surface area contributed by atoms with Crippen LogP contribution in [-0.4, -0.2) is 27.4 Å². The lowest BCUT2D eigenvalue weighted by molar-refractivity contribution is -0.125. The molecule has 0 saturated heterocycles. The third-order valence-electron chi connectivity index (χ3n) is 2.53. The summed E-state index contributed by atoms with van der Waals surface area (Å²) in [6, 6.07) is 5.63. The third-order valence-corrected chi connectivity index (χ3v) is 2.53. The zero-order chi connectivity index (χ0) is 12.1. The molecule has 1 aromatic rings. The standard InChI is InChI=1S/C13H16O4/c1-14-11-6-5-10(9-12(11)15-2)13-16-7-3-4-8-17-13/h3-6,9,13H,7-8H2,1-2H3. The fourth-order valence-corrected chi connectivity index (χ4v) is 1.66. The maximum atomic E-state index is 5.56. The van der Waals surface area contributed by atoms with Crippen molar-refractivity contribution in [3.8, 4) is 11.5 Å². The second-order valence-electron chi connectivity index (χ2n) is 3.58. The second-order valence-corrected chi connectivity index (χ2v) is 3.58. The van der Waals surface area contributed by atoms with E-state index in [2.05, 4.69) is 0 Å². The Kier molecular flexibility index (Phi) is 4.01. The number of hydrogen-bond acceptors (Lipinski definition) is 4. The van der Waals surface area contributed by atoms with Crippen LogP contribution in [0.15, 0.2) is 30.4 Å². The molecule has 0 radical (unpaired) electrons. The summed E-state index contributed by atoms with van der Waals surface area (Å²) in [7, 11) is 3.22. The molecule has 0 fully saturated rings. The lowest BCUT2D eigenvalue weighted by Gasteiger charge is -2.17. The van der Waals surface area contributed by atoms with E-state index in [1.165, 1.54) is 0 Å². The third kappa shape index (κ3) is 2.78. The molecule has 1 aromatic carbocycles. The highest BCUT2D eigenvalue weighted by molar-refractivity contribution is 5.43. The Morgan fingerprint density at radius 3 is 2.24 bits per heavy atom. The molecule has 0 aliphatic carbocycles. The van der Waals surface area contributed by atoms with Crippen LogP contribution < -0.4 is 9.47 Å². The number of benzene rings is 1. The molecule has 1 aliphatic heterocycles. The molecular weight excluding hydrogens is 220 g/mol. The van der Waals surface area contributed by atoms with E-state index in [-0.39, 0.29) is 6.29 Å². The van der Waals surface area contributed by atoms with Crippen molar-refractivity contribution in [2.75, 3.05) is 27.4 Å². The molecule has 0 spiro atoms. The molecule has 4 nitrogen and oxygen atoms in total. The lowest BCUT2D eigenvalue weighted by Crippen LogP contribution is -2.07. The van der Waals surface area contributed by atoms with Gasteiger partial charge in [0.15, 0.2) is 17.8 Å². The van der Waals surface area contributed by atoms with E-state index in [0.717, 1.165) is 5.56 Å². The van der Waals surface area contributed by atoms with E-state index < -0.39 is 0 Å². The van der Waals surface area contributed by atoms with Gasteiger partial charge < -0.3 is 18.9 Å². The fourth-order valence-electron chi connectivity index (χ4n) is 1.66. The van der Waals surface area contributed by atoms with Gasteiger partial charge in [0.25, 0.3) is 0 Å². The van der Waals surface area contributed by atoms with Gasteiger partial charge in [-0.15, -0.1) is 0 Å². The molecule has 0 bridgehead atoms. The maximum absolute atomic E-state index is 5.56. The van der Waals surface area contributed by atoms with E-state index in [1.807, 2.05) is 30.4 Å². The Bertz CT molecular complexity index is 390. The second kappa shape index (κ2) is 5.70. The van der Waals surface area contributed by atoms with Gasteiger partial charge in [-0.05, 0) is 12.1 Å². The van der Waals surface area contributed by atoms with Gasteiger partial charge in [-0.25, -0.2) is 0 Å². The topological polar surface area (TPSA) is 36.9 Å². The Morgan fingerprint density at radius 1 is 1.00 bits per heavy atom. The molecule has 0 saturated carbocycles. The zero-order valence-corrected chi connectivity index (χ0v) is 10.0. The van der Waals surface area contributed by atoms with Crippen molar-refractivity contribution in [2.45, 2.75) is 6.29 Å². The number of rotatable bonds is 3. The molecule has 0 N–H and O–H groups in total. The van der Waals surface area contributed by atoms with Crippen molar-refractivity contribution in [1.82, 2.24) is 0 Å².